The fraction of sp³-hybridized carbons (Fsp3) is 0.393. The van der Waals surface area contributed by atoms with Crippen LogP contribution in [0.5, 0.6) is 0 Å². The van der Waals surface area contributed by atoms with Crippen molar-refractivity contribution in [1.82, 2.24) is 14.9 Å². The lowest BCUT2D eigenvalue weighted by Gasteiger charge is -2.39. The van der Waals surface area contributed by atoms with Crippen LogP contribution in [0.2, 0.25) is 5.02 Å². The summed E-state index contributed by atoms with van der Waals surface area (Å²) in [7, 11) is 0. The molecule has 184 valence electrons. The van der Waals surface area contributed by atoms with Gasteiger partial charge in [-0.1, -0.05) is 42.0 Å². The molecule has 2 aliphatic rings. The molecule has 35 heavy (non-hydrogen) atoms. The summed E-state index contributed by atoms with van der Waals surface area (Å²) in [6.07, 6.45) is 2.92. The van der Waals surface area contributed by atoms with Gasteiger partial charge < -0.3 is 9.88 Å². The molecule has 0 spiro atoms. The van der Waals surface area contributed by atoms with Crippen LogP contribution in [0, 0.1) is 13.8 Å². The van der Waals surface area contributed by atoms with Crippen LogP contribution in [-0.2, 0) is 11.7 Å². The number of aryl methyl sites for hydroxylation is 1. The van der Waals surface area contributed by atoms with Crippen LogP contribution in [0.25, 0.3) is 11.0 Å². The van der Waals surface area contributed by atoms with E-state index >= 15 is 0 Å². The van der Waals surface area contributed by atoms with Crippen molar-refractivity contribution in [2.45, 2.75) is 64.6 Å². The molecule has 0 radical (unpaired) electrons. The molecule has 2 atom stereocenters. The maximum absolute atomic E-state index is 13.4. The Bertz CT molecular complexity index is 1370. The lowest BCUT2D eigenvalue weighted by Crippen LogP contribution is -2.39. The summed E-state index contributed by atoms with van der Waals surface area (Å²) in [5.41, 5.74) is 5.83. The number of hydrogen-bond acceptors (Lipinski definition) is 2. The first-order chi connectivity index (χ1) is 16.5. The van der Waals surface area contributed by atoms with Crippen molar-refractivity contribution in [1.29, 1.82) is 0 Å². The van der Waals surface area contributed by atoms with Crippen LogP contribution in [0.1, 0.15) is 67.1 Å². The fourth-order valence-corrected chi connectivity index (χ4v) is 5.86. The smallest absolute Gasteiger partial charge is 0.359 e. The second-order valence-electron chi connectivity index (χ2n) is 10.0. The lowest BCUT2D eigenvalue weighted by molar-refractivity contribution is -0.137. The van der Waals surface area contributed by atoms with Crippen LogP contribution >= 0.6 is 11.6 Å². The van der Waals surface area contributed by atoms with Gasteiger partial charge in [0.15, 0.2) is 0 Å². The van der Waals surface area contributed by atoms with E-state index in [2.05, 4.69) is 67.9 Å². The van der Waals surface area contributed by atoms with Crippen LogP contribution in [-0.4, -0.2) is 21.4 Å². The molecule has 2 aromatic carbocycles. The molecule has 0 amide bonds. The van der Waals surface area contributed by atoms with Gasteiger partial charge >= 0.3 is 6.18 Å². The van der Waals surface area contributed by atoms with Crippen molar-refractivity contribution in [2.24, 2.45) is 0 Å². The number of fused-ring (bicyclic) bond motifs is 1. The van der Waals surface area contributed by atoms with E-state index in [4.69, 9.17) is 16.6 Å². The van der Waals surface area contributed by atoms with Crippen LogP contribution < -0.4 is 0 Å². The number of nitrogens with one attached hydrogen (secondary N) is 1. The summed E-state index contributed by atoms with van der Waals surface area (Å²) < 4.78 is 40.2. The molecule has 1 aliphatic heterocycles. The van der Waals surface area contributed by atoms with Gasteiger partial charge in [0.1, 0.15) is 5.82 Å². The van der Waals surface area contributed by atoms with E-state index < -0.39 is 17.3 Å². The van der Waals surface area contributed by atoms with Gasteiger partial charge in [-0.25, -0.2) is 4.98 Å². The summed E-state index contributed by atoms with van der Waals surface area (Å²) in [6, 6.07) is 8.84. The zero-order valence-corrected chi connectivity index (χ0v) is 21.1. The Morgan fingerprint density at radius 1 is 1.17 bits per heavy atom. The molecule has 2 heterocycles. The third-order valence-corrected chi connectivity index (χ3v) is 8.12. The molecular weight excluding hydrogens is 471 g/mol. The summed E-state index contributed by atoms with van der Waals surface area (Å²) in [5.74, 6) is 0.949. The maximum atomic E-state index is 13.4. The maximum Gasteiger partial charge on any atom is 0.417 e. The number of halogens is 4. The highest BCUT2D eigenvalue weighted by atomic mass is 35.5. The summed E-state index contributed by atoms with van der Waals surface area (Å²) in [5, 5.41) is -0.332. The van der Waals surface area contributed by atoms with Crippen molar-refractivity contribution < 1.29 is 13.2 Å². The predicted octanol–water partition coefficient (Wildman–Crippen LogP) is 8.18. The number of imidazole rings is 1. The van der Waals surface area contributed by atoms with Crippen molar-refractivity contribution in [3.8, 4) is 0 Å². The average molecular weight is 500 g/mol. The number of nitrogens with zero attached hydrogens (tertiary/aromatic N) is 2. The zero-order chi connectivity index (χ0) is 25.1. The Kier molecular flexibility index (Phi) is 5.78. The monoisotopic (exact) mass is 499 g/mol. The second-order valence-corrected chi connectivity index (χ2v) is 10.4. The molecule has 1 aromatic heterocycles. The quantitative estimate of drug-likeness (QED) is 0.394. The highest BCUT2D eigenvalue weighted by Gasteiger charge is 2.43. The third kappa shape index (κ3) is 4.06. The Morgan fingerprint density at radius 2 is 1.94 bits per heavy atom. The molecule has 3 nitrogen and oxygen atoms in total. The van der Waals surface area contributed by atoms with E-state index in [9.17, 15) is 13.2 Å². The molecule has 0 bridgehead atoms. The highest BCUT2D eigenvalue weighted by molar-refractivity contribution is 6.32. The van der Waals surface area contributed by atoms with E-state index in [1.54, 1.807) is 0 Å². The molecular formula is C28H29ClF3N3. The number of likely N-dealkylation sites (tertiary alicyclic amines) is 1. The Morgan fingerprint density at radius 3 is 2.69 bits per heavy atom. The topological polar surface area (TPSA) is 31.9 Å². The zero-order valence-electron chi connectivity index (χ0n) is 20.4. The first-order valence-corrected chi connectivity index (χ1v) is 12.4. The van der Waals surface area contributed by atoms with Gasteiger partial charge in [-0.15, -0.1) is 0 Å². The van der Waals surface area contributed by atoms with E-state index in [1.807, 2.05) is 0 Å². The standard InChI is InChI=1S/C28H29ClF3N3/c1-16-7-5-8-20(18(16)3)19-10-9-17(2)25(13-19)35-12-6-11-27(35,4)26-33-23-14-21(28(30,31)32)22(29)15-24(23)34-26/h5,7-9,13-15,19H,6,10-12H2,1-4H3,(H,33,34)/t19?,27-/m0/s1. The summed E-state index contributed by atoms with van der Waals surface area (Å²) in [6.45, 7) is 9.44. The van der Waals surface area contributed by atoms with Crippen molar-refractivity contribution in [2.75, 3.05) is 6.54 Å². The number of allylic oxidation sites excluding steroid dienone is 3. The van der Waals surface area contributed by atoms with Crippen LogP contribution in [0.15, 0.2) is 53.8 Å². The third-order valence-electron chi connectivity index (χ3n) is 7.81. The van der Waals surface area contributed by atoms with Crippen molar-refractivity contribution in [3.63, 3.8) is 0 Å². The predicted molar refractivity (Wildman–Crippen MR) is 135 cm³/mol. The van der Waals surface area contributed by atoms with E-state index in [-0.39, 0.29) is 10.9 Å². The highest BCUT2D eigenvalue weighted by Crippen LogP contribution is 2.45. The minimum absolute atomic E-state index is 0.280. The van der Waals surface area contributed by atoms with Gasteiger partial charge in [0.05, 0.1) is 27.2 Å². The van der Waals surface area contributed by atoms with Crippen molar-refractivity contribution >= 4 is 22.6 Å². The second kappa shape index (κ2) is 8.44. The number of benzene rings is 2. The average Bonchev–Trinajstić information content (AvgIpc) is 3.39. The summed E-state index contributed by atoms with van der Waals surface area (Å²) >= 11 is 5.96. The Balaban J connectivity index is 1.55. The van der Waals surface area contributed by atoms with Gasteiger partial charge in [-0.05, 0) is 81.4 Å². The molecule has 7 heteroatoms. The van der Waals surface area contributed by atoms with E-state index in [1.165, 1.54) is 34.0 Å². The summed E-state index contributed by atoms with van der Waals surface area (Å²) in [4.78, 5) is 10.3. The molecule has 1 unspecified atom stereocenters. The van der Waals surface area contributed by atoms with E-state index in [0.29, 0.717) is 16.9 Å². The van der Waals surface area contributed by atoms with Gasteiger partial charge in [-0.3, -0.25) is 0 Å². The molecule has 0 saturated carbocycles. The molecule has 1 fully saturated rings. The number of H-pyrrole nitrogens is 1. The molecule has 3 aromatic rings. The fourth-order valence-electron chi connectivity index (χ4n) is 5.59. The molecule has 5 rings (SSSR count). The Labute approximate surface area is 208 Å². The first kappa shape index (κ1) is 24.0. The normalized spacial score (nSPS) is 23.1. The lowest BCUT2D eigenvalue weighted by atomic mass is 9.84. The number of aromatic amines is 1. The first-order valence-electron chi connectivity index (χ1n) is 12.0. The number of aromatic nitrogens is 2. The SMILES string of the molecule is CC1=CCC(c2cccc(C)c2C)C=C1N1CCC[C@@]1(C)c1nc2cc(Cl)c(C(F)(F)F)cc2[nH]1. The van der Waals surface area contributed by atoms with Crippen LogP contribution in [0.3, 0.4) is 0 Å². The molecule has 1 N–H and O–H groups in total. The van der Waals surface area contributed by atoms with Gasteiger partial charge in [0, 0.05) is 18.2 Å². The van der Waals surface area contributed by atoms with E-state index in [0.717, 1.165) is 31.9 Å². The number of alkyl halides is 3. The van der Waals surface area contributed by atoms with Gasteiger partial charge in [0.2, 0.25) is 0 Å². The number of hydrogen-bond donors (Lipinski definition) is 1. The minimum atomic E-state index is -4.52. The largest absolute Gasteiger partial charge is 0.417 e. The molecule has 1 aliphatic carbocycles. The van der Waals surface area contributed by atoms with Gasteiger partial charge in [0.25, 0.3) is 0 Å². The Hall–Kier alpha value is -2.73. The van der Waals surface area contributed by atoms with Crippen LogP contribution in [0.4, 0.5) is 13.2 Å². The van der Waals surface area contributed by atoms with Crippen molar-refractivity contribution in [3.05, 3.63) is 86.9 Å². The molecule has 1 saturated heterocycles. The number of rotatable bonds is 3. The minimum Gasteiger partial charge on any atom is -0.359 e. The van der Waals surface area contributed by atoms with Gasteiger partial charge in [-0.2, -0.15) is 13.2 Å².